The van der Waals surface area contributed by atoms with Gasteiger partial charge < -0.3 is 5.32 Å². The summed E-state index contributed by atoms with van der Waals surface area (Å²) < 4.78 is 37.4. The van der Waals surface area contributed by atoms with Gasteiger partial charge in [0.15, 0.2) is 0 Å². The molecule has 0 aliphatic rings. The normalized spacial score (nSPS) is 15.2. The third-order valence-electron chi connectivity index (χ3n) is 2.89. The largest absolute Gasteiger partial charge is 0.433 e. The topological polar surface area (TPSA) is 24.9 Å². The van der Waals surface area contributed by atoms with E-state index in [1.54, 1.807) is 6.07 Å². The van der Waals surface area contributed by atoms with Crippen LogP contribution in [0.2, 0.25) is 0 Å². The molecule has 0 spiro atoms. The molecule has 2 unspecified atom stereocenters. The van der Waals surface area contributed by atoms with Crippen LogP contribution in [0.4, 0.5) is 19.0 Å². The number of aromatic nitrogens is 1. The molecule has 0 aromatic carbocycles. The average molecular weight is 260 g/mol. The maximum absolute atomic E-state index is 12.5. The second-order valence-corrected chi connectivity index (χ2v) is 4.70. The van der Waals surface area contributed by atoms with E-state index in [1.165, 1.54) is 6.07 Å². The van der Waals surface area contributed by atoms with Crippen LogP contribution < -0.4 is 5.32 Å². The highest BCUT2D eigenvalue weighted by Gasteiger charge is 2.32. The van der Waals surface area contributed by atoms with Crippen LogP contribution in [-0.2, 0) is 6.18 Å². The fraction of sp³-hybridized carbons (Fsp3) is 0.615. The fourth-order valence-electron chi connectivity index (χ4n) is 1.75. The van der Waals surface area contributed by atoms with Gasteiger partial charge in [0.25, 0.3) is 0 Å². The summed E-state index contributed by atoms with van der Waals surface area (Å²) in [5, 5.41) is 3.01. The lowest BCUT2D eigenvalue weighted by atomic mass is 10.0. The predicted molar refractivity (Wildman–Crippen MR) is 66.4 cm³/mol. The Hall–Kier alpha value is -1.26. The van der Waals surface area contributed by atoms with Gasteiger partial charge in [-0.3, -0.25) is 0 Å². The Bertz CT molecular complexity index is 377. The zero-order chi connectivity index (χ0) is 13.8. The van der Waals surface area contributed by atoms with Gasteiger partial charge in [0.05, 0.1) is 0 Å². The Morgan fingerprint density at radius 3 is 2.50 bits per heavy atom. The summed E-state index contributed by atoms with van der Waals surface area (Å²) in [7, 11) is 0. The van der Waals surface area contributed by atoms with E-state index in [-0.39, 0.29) is 11.9 Å². The lowest BCUT2D eigenvalue weighted by Crippen LogP contribution is -2.20. The van der Waals surface area contributed by atoms with E-state index in [2.05, 4.69) is 24.1 Å². The summed E-state index contributed by atoms with van der Waals surface area (Å²) >= 11 is 0. The van der Waals surface area contributed by atoms with Crippen LogP contribution >= 0.6 is 0 Å². The van der Waals surface area contributed by atoms with Crippen LogP contribution in [0, 0.1) is 5.92 Å². The number of pyridine rings is 1. The molecule has 0 aliphatic carbocycles. The van der Waals surface area contributed by atoms with Crippen molar-refractivity contribution in [2.45, 2.75) is 45.8 Å². The van der Waals surface area contributed by atoms with Crippen molar-refractivity contribution in [3.63, 3.8) is 0 Å². The van der Waals surface area contributed by atoms with Gasteiger partial charge in [0.1, 0.15) is 11.5 Å². The van der Waals surface area contributed by atoms with Crippen molar-refractivity contribution in [2.75, 3.05) is 5.32 Å². The highest BCUT2D eigenvalue weighted by Crippen LogP contribution is 2.28. The molecule has 1 aromatic heterocycles. The van der Waals surface area contributed by atoms with Crippen molar-refractivity contribution in [3.05, 3.63) is 23.9 Å². The smallest absolute Gasteiger partial charge is 0.368 e. The maximum atomic E-state index is 12.5. The molecule has 0 radical (unpaired) electrons. The molecule has 0 bridgehead atoms. The Balaban J connectivity index is 2.68. The summed E-state index contributed by atoms with van der Waals surface area (Å²) in [6, 6.07) is 4.01. The first-order valence-electron chi connectivity index (χ1n) is 6.13. The number of alkyl halides is 3. The number of rotatable bonds is 5. The third-order valence-corrected chi connectivity index (χ3v) is 2.89. The number of anilines is 1. The SMILES string of the molecule is CCC(C)CC(C)Nc1cccc(C(F)(F)F)n1. The highest BCUT2D eigenvalue weighted by molar-refractivity contribution is 5.36. The lowest BCUT2D eigenvalue weighted by molar-refractivity contribution is -0.141. The van der Waals surface area contributed by atoms with Crippen molar-refractivity contribution < 1.29 is 13.2 Å². The summed E-state index contributed by atoms with van der Waals surface area (Å²) in [4.78, 5) is 3.58. The molecule has 1 heterocycles. The van der Waals surface area contributed by atoms with Gasteiger partial charge in [-0.25, -0.2) is 4.98 Å². The van der Waals surface area contributed by atoms with Gasteiger partial charge in [-0.05, 0) is 31.4 Å². The number of halogens is 3. The van der Waals surface area contributed by atoms with Gasteiger partial charge in [-0.2, -0.15) is 13.2 Å². The number of nitrogens with one attached hydrogen (secondary N) is 1. The van der Waals surface area contributed by atoms with E-state index < -0.39 is 11.9 Å². The zero-order valence-corrected chi connectivity index (χ0v) is 10.9. The molecule has 18 heavy (non-hydrogen) atoms. The van der Waals surface area contributed by atoms with E-state index >= 15 is 0 Å². The summed E-state index contributed by atoms with van der Waals surface area (Å²) in [6.45, 7) is 6.17. The number of nitrogens with zero attached hydrogens (tertiary/aromatic N) is 1. The molecule has 0 fully saturated rings. The Kier molecular flexibility index (Phi) is 4.99. The highest BCUT2D eigenvalue weighted by atomic mass is 19.4. The van der Waals surface area contributed by atoms with Crippen LogP contribution in [0.5, 0.6) is 0 Å². The minimum atomic E-state index is -4.39. The second kappa shape index (κ2) is 6.07. The van der Waals surface area contributed by atoms with Crippen LogP contribution in [0.1, 0.15) is 39.3 Å². The molecule has 0 saturated carbocycles. The zero-order valence-electron chi connectivity index (χ0n) is 10.9. The first kappa shape index (κ1) is 14.8. The van der Waals surface area contributed by atoms with Crippen molar-refractivity contribution in [1.29, 1.82) is 0 Å². The molecule has 2 nitrogen and oxygen atoms in total. The van der Waals surface area contributed by atoms with Gasteiger partial charge in [0.2, 0.25) is 0 Å². The molecule has 1 N–H and O–H groups in total. The number of hydrogen-bond acceptors (Lipinski definition) is 2. The summed E-state index contributed by atoms with van der Waals surface area (Å²) in [5.74, 6) is 0.818. The van der Waals surface area contributed by atoms with Crippen LogP contribution in [0.15, 0.2) is 18.2 Å². The third kappa shape index (κ3) is 4.55. The Labute approximate surface area is 106 Å². The second-order valence-electron chi connectivity index (χ2n) is 4.70. The molecule has 2 atom stereocenters. The van der Waals surface area contributed by atoms with Crippen molar-refractivity contribution in [2.24, 2.45) is 5.92 Å². The summed E-state index contributed by atoms with van der Waals surface area (Å²) in [6.07, 6.45) is -2.42. The van der Waals surface area contributed by atoms with Gasteiger partial charge >= 0.3 is 6.18 Å². The minimum absolute atomic E-state index is 0.107. The van der Waals surface area contributed by atoms with Crippen molar-refractivity contribution in [3.8, 4) is 0 Å². The first-order chi connectivity index (χ1) is 8.32. The molecule has 5 heteroatoms. The quantitative estimate of drug-likeness (QED) is 0.852. The monoisotopic (exact) mass is 260 g/mol. The van der Waals surface area contributed by atoms with Crippen molar-refractivity contribution in [1.82, 2.24) is 4.98 Å². The molecule has 0 aliphatic heterocycles. The standard InChI is InChI=1S/C13H19F3N2/c1-4-9(2)8-10(3)17-12-7-5-6-11(18-12)13(14,15)16/h5-7,9-10H,4,8H2,1-3H3,(H,17,18). The van der Waals surface area contributed by atoms with Gasteiger partial charge in [0, 0.05) is 6.04 Å². The average Bonchev–Trinajstić information content (AvgIpc) is 2.27. The maximum Gasteiger partial charge on any atom is 0.433 e. The Morgan fingerprint density at radius 2 is 1.94 bits per heavy atom. The van der Waals surface area contributed by atoms with E-state index in [1.807, 2.05) is 6.92 Å². The fourth-order valence-corrected chi connectivity index (χ4v) is 1.75. The molecule has 0 saturated heterocycles. The molecule has 0 amide bonds. The van der Waals surface area contributed by atoms with Gasteiger partial charge in [-0.15, -0.1) is 0 Å². The van der Waals surface area contributed by atoms with E-state index in [4.69, 9.17) is 0 Å². The van der Waals surface area contributed by atoms with E-state index in [0.29, 0.717) is 5.92 Å². The first-order valence-corrected chi connectivity index (χ1v) is 6.13. The molecule has 1 rings (SSSR count). The van der Waals surface area contributed by atoms with E-state index in [0.717, 1.165) is 18.9 Å². The van der Waals surface area contributed by atoms with Crippen LogP contribution in [-0.4, -0.2) is 11.0 Å². The summed E-state index contributed by atoms with van der Waals surface area (Å²) in [5.41, 5.74) is -0.858. The molecular formula is C13H19F3N2. The van der Waals surface area contributed by atoms with Gasteiger partial charge in [-0.1, -0.05) is 26.3 Å². The number of hydrogen-bond donors (Lipinski definition) is 1. The van der Waals surface area contributed by atoms with E-state index in [9.17, 15) is 13.2 Å². The molecule has 1 aromatic rings. The molecular weight excluding hydrogens is 241 g/mol. The minimum Gasteiger partial charge on any atom is -0.368 e. The lowest BCUT2D eigenvalue weighted by Gasteiger charge is -2.18. The van der Waals surface area contributed by atoms with Crippen molar-refractivity contribution >= 4 is 5.82 Å². The molecule has 102 valence electrons. The van der Waals surface area contributed by atoms with Crippen LogP contribution in [0.3, 0.4) is 0 Å². The predicted octanol–water partition coefficient (Wildman–Crippen LogP) is 4.34. The van der Waals surface area contributed by atoms with Crippen LogP contribution in [0.25, 0.3) is 0 Å². The Morgan fingerprint density at radius 1 is 1.28 bits per heavy atom.